The number of nitrogens with zero attached hydrogens (tertiary/aromatic N) is 3. The monoisotopic (exact) mass is 334 g/mol. The Balaban J connectivity index is 1.67. The van der Waals surface area contributed by atoms with Crippen molar-refractivity contribution in [2.24, 2.45) is 10.7 Å². The highest BCUT2D eigenvalue weighted by molar-refractivity contribution is 5.95. The smallest absolute Gasteiger partial charge is 0.221 e. The number of guanidine groups is 1. The summed E-state index contributed by atoms with van der Waals surface area (Å²) in [6.07, 6.45) is 6.74. The second kappa shape index (κ2) is 7.31. The van der Waals surface area contributed by atoms with Gasteiger partial charge in [0.2, 0.25) is 5.88 Å². The Hall–Kier alpha value is -3.61. The van der Waals surface area contributed by atoms with Crippen LogP contribution in [0.3, 0.4) is 0 Å². The molecule has 0 saturated heterocycles. The lowest BCUT2D eigenvalue weighted by atomic mass is 10.1. The lowest BCUT2D eigenvalue weighted by molar-refractivity contribution is 0.396. The molecule has 0 bridgehead atoms. The van der Waals surface area contributed by atoms with Gasteiger partial charge in [0.15, 0.2) is 5.96 Å². The first-order valence-corrected chi connectivity index (χ1v) is 7.55. The summed E-state index contributed by atoms with van der Waals surface area (Å²) < 4.78 is 5.21. The van der Waals surface area contributed by atoms with Crippen LogP contribution in [0.25, 0.3) is 16.5 Å². The van der Waals surface area contributed by atoms with E-state index in [1.807, 2.05) is 30.3 Å². The molecule has 25 heavy (non-hydrogen) atoms. The van der Waals surface area contributed by atoms with Crippen molar-refractivity contribution in [1.82, 2.24) is 15.2 Å². The van der Waals surface area contributed by atoms with E-state index in [1.54, 1.807) is 31.8 Å². The van der Waals surface area contributed by atoms with Crippen molar-refractivity contribution in [1.29, 1.82) is 0 Å². The Morgan fingerprint density at radius 1 is 1.40 bits per heavy atom. The van der Waals surface area contributed by atoms with Crippen molar-refractivity contribution in [2.75, 3.05) is 12.4 Å². The molecule has 0 aliphatic rings. The minimum atomic E-state index is 0.265. The fraction of sp³-hybridized carbons (Fsp3) is 0.0556. The Labute approximate surface area is 144 Å². The summed E-state index contributed by atoms with van der Waals surface area (Å²) in [5, 5.41) is 10.9. The van der Waals surface area contributed by atoms with Crippen LogP contribution < -0.4 is 15.8 Å². The van der Waals surface area contributed by atoms with Crippen LogP contribution in [0.15, 0.2) is 66.6 Å². The summed E-state index contributed by atoms with van der Waals surface area (Å²) in [5.74, 6) is 0.779. The number of hydrogen-bond acceptors (Lipinski definition) is 4. The third kappa shape index (κ3) is 3.84. The highest BCUT2D eigenvalue weighted by Gasteiger charge is 2.04. The summed E-state index contributed by atoms with van der Waals surface area (Å²) in [6.45, 7) is 3.99. The Bertz CT molecular complexity index is 957. The fourth-order valence-corrected chi connectivity index (χ4v) is 2.29. The van der Waals surface area contributed by atoms with Crippen molar-refractivity contribution in [3.63, 3.8) is 0 Å². The molecule has 3 aromatic rings. The second-order valence-electron chi connectivity index (χ2n) is 5.21. The highest BCUT2D eigenvalue weighted by Crippen LogP contribution is 2.22. The Morgan fingerprint density at radius 2 is 2.28 bits per heavy atom. The van der Waals surface area contributed by atoms with Gasteiger partial charge in [-0.25, -0.2) is 9.98 Å². The number of aromatic amines is 1. The summed E-state index contributed by atoms with van der Waals surface area (Å²) in [7, 11) is 1.57. The zero-order valence-corrected chi connectivity index (χ0v) is 13.7. The molecule has 0 radical (unpaired) electrons. The van der Waals surface area contributed by atoms with Gasteiger partial charge in [0.1, 0.15) is 0 Å². The fourth-order valence-electron chi connectivity index (χ4n) is 2.29. The summed E-state index contributed by atoms with van der Waals surface area (Å²) >= 11 is 0. The average molecular weight is 334 g/mol. The number of nitrogens with two attached hydrogens (primary N) is 1. The lowest BCUT2D eigenvalue weighted by Crippen LogP contribution is -2.21. The number of anilines is 1. The van der Waals surface area contributed by atoms with Gasteiger partial charge >= 0.3 is 0 Å². The molecule has 2 heterocycles. The van der Waals surface area contributed by atoms with E-state index in [4.69, 9.17) is 10.5 Å². The number of benzene rings is 1. The number of nitrogens with one attached hydrogen (secondary N) is 2. The van der Waals surface area contributed by atoms with Gasteiger partial charge in [-0.2, -0.15) is 5.10 Å². The van der Waals surface area contributed by atoms with Crippen molar-refractivity contribution in [3.8, 4) is 5.88 Å². The molecule has 0 unspecified atom stereocenters. The number of allylic oxidation sites excluding steroid dienone is 2. The first-order valence-electron chi connectivity index (χ1n) is 7.55. The summed E-state index contributed by atoms with van der Waals surface area (Å²) in [4.78, 5) is 8.30. The van der Waals surface area contributed by atoms with Crippen LogP contribution in [0.4, 0.5) is 5.69 Å². The average Bonchev–Trinajstić information content (AvgIpc) is 3.09. The zero-order chi connectivity index (χ0) is 17.6. The predicted molar refractivity (Wildman–Crippen MR) is 100 cm³/mol. The molecule has 0 spiro atoms. The van der Waals surface area contributed by atoms with E-state index < -0.39 is 0 Å². The van der Waals surface area contributed by atoms with Gasteiger partial charge in [-0.05, 0) is 42.0 Å². The van der Waals surface area contributed by atoms with Crippen LogP contribution in [-0.4, -0.2) is 28.3 Å². The summed E-state index contributed by atoms with van der Waals surface area (Å²) in [5.41, 5.74) is 9.16. The van der Waals surface area contributed by atoms with E-state index in [9.17, 15) is 0 Å². The number of hydrogen-bond donors (Lipinski definition) is 3. The van der Waals surface area contributed by atoms with Gasteiger partial charge < -0.3 is 15.8 Å². The lowest BCUT2D eigenvalue weighted by Gasteiger charge is -2.06. The molecule has 2 aromatic heterocycles. The molecule has 7 heteroatoms. The maximum atomic E-state index is 5.90. The highest BCUT2D eigenvalue weighted by atomic mass is 16.5. The topological polar surface area (TPSA) is 101 Å². The SMILES string of the molecule is C=C(/C=C\N=C(N)Nc1ccc2cn[nH]c2c1)c1cccnc1OC. The van der Waals surface area contributed by atoms with E-state index in [1.165, 1.54) is 0 Å². The van der Waals surface area contributed by atoms with Crippen molar-refractivity contribution in [3.05, 3.63) is 67.1 Å². The van der Waals surface area contributed by atoms with E-state index in [0.29, 0.717) is 5.88 Å². The molecular formula is C18H18N6O. The molecule has 0 amide bonds. The molecule has 4 N–H and O–H groups in total. The number of ether oxygens (including phenoxy) is 1. The van der Waals surface area contributed by atoms with E-state index in [0.717, 1.165) is 27.7 Å². The van der Waals surface area contributed by atoms with E-state index in [-0.39, 0.29) is 5.96 Å². The van der Waals surface area contributed by atoms with Gasteiger partial charge in [-0.3, -0.25) is 5.10 Å². The third-order valence-corrected chi connectivity index (χ3v) is 3.51. The molecular weight excluding hydrogens is 316 g/mol. The third-order valence-electron chi connectivity index (χ3n) is 3.51. The molecule has 0 aliphatic carbocycles. The first kappa shape index (κ1) is 16.3. The number of H-pyrrole nitrogens is 1. The minimum Gasteiger partial charge on any atom is -0.481 e. The van der Waals surface area contributed by atoms with E-state index in [2.05, 4.69) is 32.1 Å². The predicted octanol–water partition coefficient (Wildman–Crippen LogP) is 2.92. The first-order chi connectivity index (χ1) is 12.2. The van der Waals surface area contributed by atoms with Gasteiger partial charge in [-0.15, -0.1) is 0 Å². The standard InChI is InChI=1S/C18H18N6O/c1-12(15-4-3-8-20-17(15)25-2)7-9-21-18(19)23-14-6-5-13-11-22-24-16(13)10-14/h3-11H,1H2,2H3,(H,22,24)(H3,19,21,23)/b9-7-. The minimum absolute atomic E-state index is 0.265. The van der Waals surface area contributed by atoms with Crippen LogP contribution in [0.5, 0.6) is 5.88 Å². The Morgan fingerprint density at radius 3 is 3.12 bits per heavy atom. The number of aromatic nitrogens is 3. The molecule has 126 valence electrons. The maximum absolute atomic E-state index is 5.90. The number of fused-ring (bicyclic) bond motifs is 1. The zero-order valence-electron chi connectivity index (χ0n) is 13.7. The van der Waals surface area contributed by atoms with Gasteiger partial charge in [-0.1, -0.05) is 6.58 Å². The van der Waals surface area contributed by atoms with Crippen molar-refractivity contribution >= 4 is 28.1 Å². The van der Waals surface area contributed by atoms with Crippen LogP contribution in [-0.2, 0) is 0 Å². The molecule has 7 nitrogen and oxygen atoms in total. The van der Waals surface area contributed by atoms with Gasteiger partial charge in [0, 0.05) is 29.0 Å². The Kier molecular flexibility index (Phi) is 4.75. The molecule has 0 saturated carbocycles. The number of rotatable bonds is 5. The van der Waals surface area contributed by atoms with Crippen LogP contribution in [0.1, 0.15) is 5.56 Å². The van der Waals surface area contributed by atoms with E-state index >= 15 is 0 Å². The van der Waals surface area contributed by atoms with Crippen molar-refractivity contribution < 1.29 is 4.74 Å². The van der Waals surface area contributed by atoms with Gasteiger partial charge in [0.25, 0.3) is 0 Å². The number of methoxy groups -OCH3 is 1. The molecule has 1 aromatic carbocycles. The number of aliphatic imine (C=N–C) groups is 1. The van der Waals surface area contributed by atoms with Gasteiger partial charge in [0.05, 0.1) is 18.8 Å². The molecule has 0 fully saturated rings. The largest absolute Gasteiger partial charge is 0.481 e. The normalized spacial score (nSPS) is 11.8. The van der Waals surface area contributed by atoms with Crippen LogP contribution in [0, 0.1) is 0 Å². The molecule has 0 atom stereocenters. The number of pyridine rings is 1. The second-order valence-corrected chi connectivity index (χ2v) is 5.21. The maximum Gasteiger partial charge on any atom is 0.221 e. The van der Waals surface area contributed by atoms with Crippen LogP contribution >= 0.6 is 0 Å². The quantitative estimate of drug-likeness (QED) is 0.378. The molecule has 0 aliphatic heterocycles. The molecule has 3 rings (SSSR count). The van der Waals surface area contributed by atoms with Crippen molar-refractivity contribution in [2.45, 2.75) is 0 Å². The van der Waals surface area contributed by atoms with Crippen LogP contribution in [0.2, 0.25) is 0 Å². The summed E-state index contributed by atoms with van der Waals surface area (Å²) in [6, 6.07) is 9.46.